The van der Waals surface area contributed by atoms with E-state index in [1.54, 1.807) is 12.1 Å². The lowest BCUT2D eigenvalue weighted by Gasteiger charge is -2.12. The molecule has 0 aromatic heterocycles. The summed E-state index contributed by atoms with van der Waals surface area (Å²) in [5.74, 6) is 1.28. The molecule has 0 fully saturated rings. The zero-order valence-corrected chi connectivity index (χ0v) is 17.1. The highest BCUT2D eigenvalue weighted by molar-refractivity contribution is 6.55. The van der Waals surface area contributed by atoms with Crippen LogP contribution in [0, 0.1) is 0 Å². The van der Waals surface area contributed by atoms with E-state index < -0.39 is 0 Å². The highest BCUT2D eigenvalue weighted by Crippen LogP contribution is 2.37. The standard InChI is InChI=1S/C16H18Cl5NO3/c17-5-6-22-25-8-3-1-2-7-24-16-13(18)10-12(11-14(16)19)23-9-4-15(20)21/h4,6,10-11H,1-3,5,7-9H2. The van der Waals surface area contributed by atoms with Crippen molar-refractivity contribution in [1.82, 2.24) is 0 Å². The molecule has 25 heavy (non-hydrogen) atoms. The van der Waals surface area contributed by atoms with E-state index in [0.717, 1.165) is 19.3 Å². The van der Waals surface area contributed by atoms with Crippen molar-refractivity contribution >= 4 is 64.2 Å². The van der Waals surface area contributed by atoms with Crippen molar-refractivity contribution in [2.24, 2.45) is 5.16 Å². The van der Waals surface area contributed by atoms with E-state index in [1.165, 1.54) is 12.3 Å². The minimum atomic E-state index is 0.133. The third kappa shape index (κ3) is 10.3. The minimum absolute atomic E-state index is 0.133. The monoisotopic (exact) mass is 447 g/mol. The van der Waals surface area contributed by atoms with E-state index in [4.69, 9.17) is 72.3 Å². The van der Waals surface area contributed by atoms with Gasteiger partial charge in [-0.15, -0.1) is 11.6 Å². The molecule has 0 radical (unpaired) electrons. The van der Waals surface area contributed by atoms with E-state index in [0.29, 0.717) is 40.6 Å². The summed E-state index contributed by atoms with van der Waals surface area (Å²) >= 11 is 28.8. The Kier molecular flexibility index (Phi) is 12.3. The van der Waals surface area contributed by atoms with Gasteiger partial charge in [0.05, 0.1) is 28.7 Å². The lowest BCUT2D eigenvalue weighted by atomic mass is 10.2. The molecule has 0 spiro atoms. The molecule has 0 bridgehead atoms. The molecule has 0 saturated carbocycles. The minimum Gasteiger partial charge on any atom is -0.490 e. The van der Waals surface area contributed by atoms with Crippen molar-refractivity contribution in [3.8, 4) is 11.5 Å². The molecule has 4 nitrogen and oxygen atoms in total. The van der Waals surface area contributed by atoms with Gasteiger partial charge in [0.15, 0.2) is 5.75 Å². The van der Waals surface area contributed by atoms with E-state index >= 15 is 0 Å². The molecule has 9 heteroatoms. The zero-order valence-electron chi connectivity index (χ0n) is 13.3. The van der Waals surface area contributed by atoms with Crippen LogP contribution < -0.4 is 9.47 Å². The highest BCUT2D eigenvalue weighted by atomic mass is 35.5. The first-order chi connectivity index (χ1) is 12.0. The second-order valence-electron chi connectivity index (χ2n) is 4.71. The third-order valence-corrected chi connectivity index (χ3v) is 3.81. The normalized spacial score (nSPS) is 10.8. The van der Waals surface area contributed by atoms with E-state index in [1.807, 2.05) is 0 Å². The number of benzene rings is 1. The van der Waals surface area contributed by atoms with Crippen LogP contribution in [0.4, 0.5) is 0 Å². The van der Waals surface area contributed by atoms with Crippen LogP contribution in [-0.2, 0) is 4.84 Å². The SMILES string of the molecule is ClCC=NOCCCCCOc1c(Cl)cc(OCC=C(Cl)Cl)cc1Cl. The first-order valence-corrected chi connectivity index (χ1v) is 9.54. The van der Waals surface area contributed by atoms with Crippen LogP contribution >= 0.6 is 58.0 Å². The van der Waals surface area contributed by atoms with Gasteiger partial charge in [0.25, 0.3) is 0 Å². The maximum absolute atomic E-state index is 6.18. The quantitative estimate of drug-likeness (QED) is 0.159. The summed E-state index contributed by atoms with van der Waals surface area (Å²) in [5.41, 5.74) is 0. The van der Waals surface area contributed by atoms with Crippen LogP contribution in [0.3, 0.4) is 0 Å². The Morgan fingerprint density at radius 2 is 1.68 bits per heavy atom. The molecule has 0 aliphatic heterocycles. The summed E-state index contributed by atoms with van der Waals surface area (Å²) in [6.07, 6.45) is 5.65. The predicted molar refractivity (Wildman–Crippen MR) is 106 cm³/mol. The van der Waals surface area contributed by atoms with Gasteiger partial charge in [0.2, 0.25) is 0 Å². The number of unbranched alkanes of at least 4 members (excludes halogenated alkanes) is 2. The molecule has 0 unspecified atom stereocenters. The van der Waals surface area contributed by atoms with Gasteiger partial charge < -0.3 is 14.3 Å². The van der Waals surface area contributed by atoms with E-state index in [9.17, 15) is 0 Å². The summed E-state index contributed by atoms with van der Waals surface area (Å²) in [6, 6.07) is 3.25. The maximum atomic E-state index is 6.18. The Balaban J connectivity index is 2.34. The number of hydrogen-bond acceptors (Lipinski definition) is 4. The van der Waals surface area contributed by atoms with Gasteiger partial charge in [-0.05, 0) is 25.3 Å². The fourth-order valence-corrected chi connectivity index (χ4v) is 2.47. The number of nitrogens with zero attached hydrogens (tertiary/aromatic N) is 1. The fourth-order valence-electron chi connectivity index (χ4n) is 1.71. The average Bonchev–Trinajstić information content (AvgIpc) is 2.55. The van der Waals surface area contributed by atoms with Gasteiger partial charge >= 0.3 is 0 Å². The number of rotatable bonds is 12. The molecule has 0 amide bonds. The van der Waals surface area contributed by atoms with E-state index in [-0.39, 0.29) is 11.1 Å². The molecule has 1 aromatic rings. The fraction of sp³-hybridized carbons (Fsp3) is 0.438. The van der Waals surface area contributed by atoms with Gasteiger partial charge in [0.1, 0.15) is 23.5 Å². The number of oxime groups is 1. The second-order valence-corrected chi connectivity index (χ2v) is 6.84. The second kappa shape index (κ2) is 13.7. The van der Waals surface area contributed by atoms with Crippen molar-refractivity contribution in [2.75, 3.05) is 25.7 Å². The molecule has 0 aliphatic rings. The highest BCUT2D eigenvalue weighted by Gasteiger charge is 2.10. The Morgan fingerprint density at radius 1 is 1.00 bits per heavy atom. The van der Waals surface area contributed by atoms with Crippen LogP contribution in [-0.4, -0.2) is 31.9 Å². The predicted octanol–water partition coefficient (Wildman–Crippen LogP) is 6.48. The van der Waals surface area contributed by atoms with Gasteiger partial charge in [-0.25, -0.2) is 0 Å². The first-order valence-electron chi connectivity index (χ1n) is 7.50. The van der Waals surface area contributed by atoms with Crippen molar-refractivity contribution in [3.05, 3.63) is 32.7 Å². The molecule has 1 rings (SSSR count). The number of ether oxygens (including phenoxy) is 2. The molecule has 0 atom stereocenters. The summed E-state index contributed by atoms with van der Waals surface area (Å²) in [6.45, 7) is 1.25. The van der Waals surface area contributed by atoms with Crippen molar-refractivity contribution in [1.29, 1.82) is 0 Å². The Labute approximate surface area is 172 Å². The molecular weight excluding hydrogens is 431 g/mol. The van der Waals surface area contributed by atoms with Crippen LogP contribution in [0.25, 0.3) is 0 Å². The van der Waals surface area contributed by atoms with Crippen LogP contribution in [0.15, 0.2) is 27.9 Å². The van der Waals surface area contributed by atoms with Gasteiger partial charge in [-0.3, -0.25) is 0 Å². The molecule has 0 heterocycles. The third-order valence-electron chi connectivity index (χ3n) is 2.80. The molecule has 0 N–H and O–H groups in total. The summed E-state index contributed by atoms with van der Waals surface area (Å²) in [7, 11) is 0. The lowest BCUT2D eigenvalue weighted by molar-refractivity contribution is 0.139. The first kappa shape index (κ1) is 22.5. The molecule has 0 aliphatic carbocycles. The smallest absolute Gasteiger partial charge is 0.156 e. The Morgan fingerprint density at radius 3 is 2.32 bits per heavy atom. The van der Waals surface area contributed by atoms with E-state index in [2.05, 4.69) is 5.16 Å². The number of alkyl halides is 1. The van der Waals surface area contributed by atoms with Gasteiger partial charge in [-0.2, -0.15) is 0 Å². The topological polar surface area (TPSA) is 40.0 Å². The molecular formula is C16H18Cl5NO3. The summed E-state index contributed by atoms with van der Waals surface area (Å²) < 4.78 is 11.2. The summed E-state index contributed by atoms with van der Waals surface area (Å²) in [5, 5.41) is 4.42. The Hall–Kier alpha value is -0.520. The molecule has 0 saturated heterocycles. The van der Waals surface area contributed by atoms with Crippen molar-refractivity contribution in [3.63, 3.8) is 0 Å². The van der Waals surface area contributed by atoms with Crippen LogP contribution in [0.2, 0.25) is 10.0 Å². The zero-order chi connectivity index (χ0) is 18.5. The van der Waals surface area contributed by atoms with Gasteiger partial charge in [-0.1, -0.05) is 51.6 Å². The maximum Gasteiger partial charge on any atom is 0.156 e. The van der Waals surface area contributed by atoms with Crippen molar-refractivity contribution in [2.45, 2.75) is 19.3 Å². The number of halogens is 5. The van der Waals surface area contributed by atoms with Gasteiger partial charge in [0, 0.05) is 12.1 Å². The largest absolute Gasteiger partial charge is 0.490 e. The molecule has 1 aromatic carbocycles. The average molecular weight is 450 g/mol. The number of hydrogen-bond donors (Lipinski definition) is 0. The Bertz CT molecular complexity index is 554. The molecule has 140 valence electrons. The lowest BCUT2D eigenvalue weighted by Crippen LogP contribution is -2.00. The van der Waals surface area contributed by atoms with Crippen LogP contribution in [0.5, 0.6) is 11.5 Å². The van der Waals surface area contributed by atoms with Crippen LogP contribution in [0.1, 0.15) is 19.3 Å². The van der Waals surface area contributed by atoms with Crippen molar-refractivity contribution < 1.29 is 14.3 Å². The summed E-state index contributed by atoms with van der Waals surface area (Å²) in [4.78, 5) is 5.00.